The van der Waals surface area contributed by atoms with Crippen molar-refractivity contribution in [1.82, 2.24) is 5.32 Å². The first-order chi connectivity index (χ1) is 13.7. The molecule has 0 aromatic heterocycles. The van der Waals surface area contributed by atoms with Gasteiger partial charge in [0.1, 0.15) is 6.61 Å². The first-order valence-electron chi connectivity index (χ1n) is 10.7. The molecule has 0 spiro atoms. The molecule has 3 rings (SSSR count). The maximum atomic E-state index is 9.76. The van der Waals surface area contributed by atoms with Crippen molar-refractivity contribution in [3.05, 3.63) is 35.9 Å². The van der Waals surface area contributed by atoms with Crippen molar-refractivity contribution in [2.24, 2.45) is 5.73 Å². The van der Waals surface area contributed by atoms with E-state index in [1.807, 2.05) is 30.3 Å². The summed E-state index contributed by atoms with van der Waals surface area (Å²) in [5.41, 5.74) is 6.50. The molecule has 2 saturated heterocycles. The fraction of sp³-hybridized carbons (Fsp3) is 0.682. The molecule has 0 aliphatic carbocycles. The van der Waals surface area contributed by atoms with Crippen LogP contribution in [0.5, 0.6) is 0 Å². The van der Waals surface area contributed by atoms with Gasteiger partial charge in [0, 0.05) is 18.6 Å². The van der Waals surface area contributed by atoms with E-state index in [1.165, 1.54) is 12.8 Å². The van der Waals surface area contributed by atoms with E-state index in [0.717, 1.165) is 31.3 Å². The normalized spacial score (nSPS) is 24.7. The van der Waals surface area contributed by atoms with Crippen LogP contribution in [0.1, 0.15) is 58.9 Å². The second-order valence-electron chi connectivity index (χ2n) is 8.96. The van der Waals surface area contributed by atoms with Gasteiger partial charge in [-0.1, -0.05) is 43.2 Å². The summed E-state index contributed by atoms with van der Waals surface area (Å²) in [7, 11) is -0.0382. The Kier molecular flexibility index (Phi) is 9.15. The van der Waals surface area contributed by atoms with Crippen molar-refractivity contribution >= 4 is 13.6 Å². The maximum absolute atomic E-state index is 9.76. The number of nitrogens with two attached hydrogens (primary N) is 1. The average Bonchev–Trinajstić information content (AvgIpc) is 3.17. The molecule has 0 amide bonds. The van der Waals surface area contributed by atoms with Crippen molar-refractivity contribution < 1.29 is 18.8 Å². The summed E-state index contributed by atoms with van der Waals surface area (Å²) in [6.07, 6.45) is 5.70. The number of hydrogen-bond donors (Lipinski definition) is 2. The number of carbonyl (C=O) groups excluding carboxylic acids is 1. The zero-order chi connectivity index (χ0) is 21.3. The molecular formula is C22H37BN2O4. The molecule has 2 aliphatic rings. The first-order valence-corrected chi connectivity index (χ1v) is 10.7. The van der Waals surface area contributed by atoms with Gasteiger partial charge < -0.3 is 25.1 Å². The molecule has 2 atom stereocenters. The van der Waals surface area contributed by atoms with Crippen LogP contribution in [-0.2, 0) is 25.4 Å². The summed E-state index contributed by atoms with van der Waals surface area (Å²) in [6.45, 7) is 10.2. The van der Waals surface area contributed by atoms with E-state index in [1.54, 1.807) is 0 Å². The van der Waals surface area contributed by atoms with Gasteiger partial charge in [-0.3, -0.25) is 4.79 Å². The van der Waals surface area contributed by atoms with Crippen LogP contribution in [0.3, 0.4) is 0 Å². The fourth-order valence-electron chi connectivity index (χ4n) is 3.56. The molecule has 3 N–H and O–H groups in total. The molecular weight excluding hydrogens is 367 g/mol. The molecule has 2 heterocycles. The molecule has 1 aromatic rings. The number of benzene rings is 1. The minimum Gasteiger partial charge on any atom is -0.463 e. The highest BCUT2D eigenvalue weighted by atomic mass is 16.7. The van der Waals surface area contributed by atoms with Crippen LogP contribution in [0.4, 0.5) is 0 Å². The van der Waals surface area contributed by atoms with Crippen molar-refractivity contribution in [1.29, 1.82) is 0 Å². The Labute approximate surface area is 176 Å². The minimum atomic E-state index is -0.197. The molecule has 2 fully saturated rings. The quantitative estimate of drug-likeness (QED) is 0.393. The molecule has 2 aliphatic heterocycles. The number of rotatable bonds is 8. The van der Waals surface area contributed by atoms with Gasteiger partial charge in [-0.15, -0.1) is 0 Å². The van der Waals surface area contributed by atoms with Crippen molar-refractivity contribution in [3.63, 3.8) is 0 Å². The topological polar surface area (TPSA) is 82.8 Å². The molecule has 29 heavy (non-hydrogen) atoms. The number of nitrogens with one attached hydrogen (secondary N) is 1. The summed E-state index contributed by atoms with van der Waals surface area (Å²) >= 11 is 0. The third-order valence-electron chi connectivity index (χ3n) is 5.96. The van der Waals surface area contributed by atoms with Crippen LogP contribution in [0.2, 0.25) is 6.32 Å². The Balaban J connectivity index is 0.000000253. The van der Waals surface area contributed by atoms with Gasteiger partial charge in [-0.25, -0.2) is 0 Å². The van der Waals surface area contributed by atoms with Crippen molar-refractivity contribution in [2.75, 3.05) is 6.54 Å². The highest BCUT2D eigenvalue weighted by Gasteiger charge is 2.50. The van der Waals surface area contributed by atoms with Crippen LogP contribution < -0.4 is 11.1 Å². The minimum absolute atomic E-state index is 0.0382. The molecule has 0 radical (unpaired) electrons. The Morgan fingerprint density at radius 3 is 2.38 bits per heavy atom. The molecule has 0 saturated carbocycles. The van der Waals surface area contributed by atoms with Gasteiger partial charge in [-0.05, 0) is 52.4 Å². The Hall–Kier alpha value is -1.41. The van der Waals surface area contributed by atoms with Crippen LogP contribution in [-0.4, -0.2) is 43.4 Å². The average molecular weight is 404 g/mol. The van der Waals surface area contributed by atoms with Crippen LogP contribution in [0.15, 0.2) is 30.3 Å². The van der Waals surface area contributed by atoms with Crippen molar-refractivity contribution in [2.45, 2.75) is 89.6 Å². The summed E-state index contributed by atoms with van der Waals surface area (Å²) in [5.74, 6) is 0. The van der Waals surface area contributed by atoms with E-state index in [-0.39, 0.29) is 18.3 Å². The van der Waals surface area contributed by atoms with E-state index in [2.05, 4.69) is 37.7 Å². The Bertz CT molecular complexity index is 596. The molecule has 162 valence electrons. The first kappa shape index (κ1) is 23.9. The summed E-state index contributed by atoms with van der Waals surface area (Å²) < 4.78 is 16.5. The number of unbranched alkanes of at least 4 members (excludes halogenated alkanes) is 1. The standard InChI is InChI=1S/C14H29BN2O2.C8H8O2/c1-13(2)14(3,4)19-15(18-13)8-6-5-7-12-9-11(16)10-17-12;9-7-10-6-8-4-2-1-3-5-8/h11-12,17H,5-10,16H2,1-4H3;1-5,7H,6H2. The van der Waals surface area contributed by atoms with Gasteiger partial charge in [0.05, 0.1) is 11.2 Å². The van der Waals surface area contributed by atoms with E-state index >= 15 is 0 Å². The molecule has 0 bridgehead atoms. The molecule has 7 heteroatoms. The number of hydrogen-bond acceptors (Lipinski definition) is 6. The molecule has 1 aromatic carbocycles. The highest BCUT2D eigenvalue weighted by molar-refractivity contribution is 6.45. The zero-order valence-corrected chi connectivity index (χ0v) is 18.4. The Morgan fingerprint density at radius 2 is 1.83 bits per heavy atom. The van der Waals surface area contributed by atoms with Gasteiger partial charge >= 0.3 is 7.12 Å². The van der Waals surface area contributed by atoms with Gasteiger partial charge in [-0.2, -0.15) is 0 Å². The van der Waals surface area contributed by atoms with Crippen LogP contribution >= 0.6 is 0 Å². The second-order valence-corrected chi connectivity index (χ2v) is 8.96. The predicted octanol–water partition coefficient (Wildman–Crippen LogP) is 3.30. The van der Waals surface area contributed by atoms with Gasteiger partial charge in [0.2, 0.25) is 0 Å². The number of ether oxygens (including phenoxy) is 1. The summed E-state index contributed by atoms with van der Waals surface area (Å²) in [5, 5.41) is 3.47. The Morgan fingerprint density at radius 1 is 1.17 bits per heavy atom. The lowest BCUT2D eigenvalue weighted by molar-refractivity contribution is -0.129. The number of carbonyl (C=O) groups is 1. The molecule has 2 unspecified atom stereocenters. The van der Waals surface area contributed by atoms with Crippen LogP contribution in [0, 0.1) is 0 Å². The van der Waals surface area contributed by atoms with E-state index in [9.17, 15) is 4.79 Å². The van der Waals surface area contributed by atoms with Crippen molar-refractivity contribution in [3.8, 4) is 0 Å². The lowest BCUT2D eigenvalue weighted by atomic mass is 9.82. The molecule has 6 nitrogen and oxygen atoms in total. The third-order valence-corrected chi connectivity index (χ3v) is 5.96. The largest absolute Gasteiger partial charge is 0.463 e. The lowest BCUT2D eigenvalue weighted by Crippen LogP contribution is -2.41. The maximum Gasteiger partial charge on any atom is 0.457 e. The van der Waals surface area contributed by atoms with E-state index in [0.29, 0.717) is 25.2 Å². The predicted molar refractivity (Wildman–Crippen MR) is 116 cm³/mol. The van der Waals surface area contributed by atoms with E-state index < -0.39 is 0 Å². The van der Waals surface area contributed by atoms with Crippen LogP contribution in [0.25, 0.3) is 0 Å². The van der Waals surface area contributed by atoms with Gasteiger partial charge in [0.25, 0.3) is 6.47 Å². The smallest absolute Gasteiger partial charge is 0.457 e. The summed E-state index contributed by atoms with van der Waals surface area (Å²) in [6, 6.07) is 10.5. The third kappa shape index (κ3) is 7.74. The monoisotopic (exact) mass is 404 g/mol. The zero-order valence-electron chi connectivity index (χ0n) is 18.4. The second kappa shape index (κ2) is 11.1. The fourth-order valence-corrected chi connectivity index (χ4v) is 3.56. The van der Waals surface area contributed by atoms with E-state index in [4.69, 9.17) is 15.0 Å². The SMILES string of the molecule is CC1(C)OB(CCCCC2CC(N)CN2)OC1(C)C.O=COCc1ccccc1. The summed E-state index contributed by atoms with van der Waals surface area (Å²) in [4.78, 5) is 9.76. The highest BCUT2D eigenvalue weighted by Crippen LogP contribution is 2.38. The van der Waals surface area contributed by atoms with Gasteiger partial charge in [0.15, 0.2) is 0 Å². The lowest BCUT2D eigenvalue weighted by Gasteiger charge is -2.32.